The van der Waals surface area contributed by atoms with Crippen molar-refractivity contribution in [1.29, 1.82) is 0 Å². The molecule has 0 atom stereocenters. The second-order valence-corrected chi connectivity index (χ2v) is 7.02. The van der Waals surface area contributed by atoms with Crippen LogP contribution in [-0.4, -0.2) is 26.0 Å². The molecule has 26 heavy (non-hydrogen) atoms. The minimum atomic E-state index is -0.923. The number of carboxylic acid groups (broad SMARTS) is 1. The second-order valence-electron chi connectivity index (χ2n) is 7.02. The molecule has 0 amide bonds. The molecule has 0 aliphatic rings. The van der Waals surface area contributed by atoms with Gasteiger partial charge in [-0.2, -0.15) is 0 Å². The molecule has 5 nitrogen and oxygen atoms in total. The maximum absolute atomic E-state index is 11.0. The van der Waals surface area contributed by atoms with Crippen molar-refractivity contribution in [2.75, 3.05) is 0 Å². The predicted molar refractivity (Wildman–Crippen MR) is 102 cm³/mol. The lowest BCUT2D eigenvalue weighted by Crippen LogP contribution is -2.06. The highest BCUT2D eigenvalue weighted by Gasteiger charge is 2.15. The van der Waals surface area contributed by atoms with Gasteiger partial charge < -0.3 is 10.1 Å². The van der Waals surface area contributed by atoms with Crippen molar-refractivity contribution in [1.82, 2.24) is 15.0 Å². The number of H-pyrrole nitrogens is 1. The summed E-state index contributed by atoms with van der Waals surface area (Å²) in [5.74, 6) is -0.285. The van der Waals surface area contributed by atoms with Gasteiger partial charge in [0.15, 0.2) is 0 Å². The Kier molecular flexibility index (Phi) is 4.89. The predicted octanol–water partition coefficient (Wildman–Crippen LogP) is 5.08. The first-order valence-corrected chi connectivity index (χ1v) is 8.76. The van der Waals surface area contributed by atoms with E-state index in [2.05, 4.69) is 37.7 Å². The van der Waals surface area contributed by atoms with Crippen molar-refractivity contribution in [2.45, 2.75) is 39.5 Å². The van der Waals surface area contributed by atoms with Gasteiger partial charge in [-0.15, -0.1) is 0 Å². The Bertz CT molecular complexity index is 925. The fourth-order valence-electron chi connectivity index (χ4n) is 2.93. The molecule has 0 unspecified atom stereocenters. The molecule has 3 aromatic rings. The third kappa shape index (κ3) is 3.52. The van der Waals surface area contributed by atoms with Gasteiger partial charge in [0.1, 0.15) is 5.69 Å². The second kappa shape index (κ2) is 7.12. The molecule has 134 valence electrons. The number of hydrogen-bond donors (Lipinski definition) is 2. The summed E-state index contributed by atoms with van der Waals surface area (Å²) in [6.07, 6.45) is 3.71. The maximum Gasteiger partial charge on any atom is 0.335 e. The van der Waals surface area contributed by atoms with Crippen molar-refractivity contribution in [3.63, 3.8) is 0 Å². The molecule has 0 aliphatic heterocycles. The zero-order chi connectivity index (χ0) is 18.8. The van der Waals surface area contributed by atoms with Gasteiger partial charge >= 0.3 is 5.97 Å². The van der Waals surface area contributed by atoms with E-state index in [1.54, 1.807) is 12.1 Å². The highest BCUT2D eigenvalue weighted by atomic mass is 16.4. The Hall–Kier alpha value is -2.95. The molecule has 0 saturated carbocycles. The summed E-state index contributed by atoms with van der Waals surface area (Å²) >= 11 is 0. The number of carboxylic acids is 1. The highest BCUT2D eigenvalue weighted by Crippen LogP contribution is 2.28. The number of aromatic amines is 1. The lowest BCUT2D eigenvalue weighted by molar-refractivity contribution is 0.0697. The molecule has 0 bridgehead atoms. The Balaban J connectivity index is 1.94. The number of benzene rings is 1. The van der Waals surface area contributed by atoms with Crippen LogP contribution in [0.15, 0.2) is 42.7 Å². The summed E-state index contributed by atoms with van der Waals surface area (Å²) in [4.78, 5) is 23.7. The van der Waals surface area contributed by atoms with Gasteiger partial charge in [-0.25, -0.2) is 9.78 Å². The number of hydrogen-bond acceptors (Lipinski definition) is 3. The van der Waals surface area contributed by atoms with Crippen molar-refractivity contribution < 1.29 is 9.90 Å². The first-order valence-electron chi connectivity index (χ1n) is 8.76. The molecule has 2 N–H and O–H groups in total. The number of rotatable bonds is 5. The first kappa shape index (κ1) is 17.9. The molecular weight excluding hydrogens is 326 g/mol. The molecular formula is C21H23N3O2. The number of aromatic carboxylic acids is 1. The van der Waals surface area contributed by atoms with Crippen LogP contribution in [0.3, 0.4) is 0 Å². The fourth-order valence-corrected chi connectivity index (χ4v) is 2.93. The monoisotopic (exact) mass is 349 g/mol. The normalized spacial score (nSPS) is 11.3. The van der Waals surface area contributed by atoms with Crippen molar-refractivity contribution >= 4 is 5.97 Å². The van der Waals surface area contributed by atoms with Crippen LogP contribution in [0.25, 0.3) is 22.5 Å². The van der Waals surface area contributed by atoms with E-state index in [1.807, 2.05) is 30.6 Å². The van der Waals surface area contributed by atoms with E-state index in [1.165, 1.54) is 0 Å². The van der Waals surface area contributed by atoms with Crippen LogP contribution in [0.4, 0.5) is 0 Å². The van der Waals surface area contributed by atoms with Crippen LogP contribution in [0.2, 0.25) is 0 Å². The standard InChI is InChI=1S/C21H23N3O2/c1-12(2)19-20(13(3)4)24-18(11-23-19)17-9-16(10-22-17)14-5-7-15(8-6-14)21(25)26/h5-13,22H,1-4H3,(H,25,26). The smallest absolute Gasteiger partial charge is 0.335 e. The average Bonchev–Trinajstić information content (AvgIpc) is 3.11. The Labute approximate surface area is 153 Å². The van der Waals surface area contributed by atoms with Gasteiger partial charge in [-0.05, 0) is 41.2 Å². The third-order valence-electron chi connectivity index (χ3n) is 4.35. The summed E-state index contributed by atoms with van der Waals surface area (Å²) in [5.41, 5.74) is 5.99. The molecule has 0 spiro atoms. The summed E-state index contributed by atoms with van der Waals surface area (Å²) in [5, 5.41) is 9.01. The molecule has 3 rings (SSSR count). The molecule has 0 radical (unpaired) electrons. The summed E-state index contributed by atoms with van der Waals surface area (Å²) in [7, 11) is 0. The van der Waals surface area contributed by atoms with Crippen LogP contribution in [0.5, 0.6) is 0 Å². The van der Waals surface area contributed by atoms with Crippen molar-refractivity contribution in [3.8, 4) is 22.5 Å². The quantitative estimate of drug-likeness (QED) is 0.673. The van der Waals surface area contributed by atoms with Crippen LogP contribution in [0.1, 0.15) is 61.3 Å². The molecule has 5 heteroatoms. The molecule has 2 aromatic heterocycles. The van der Waals surface area contributed by atoms with Gasteiger partial charge in [0.25, 0.3) is 0 Å². The summed E-state index contributed by atoms with van der Waals surface area (Å²) < 4.78 is 0. The van der Waals surface area contributed by atoms with Crippen LogP contribution >= 0.6 is 0 Å². The van der Waals surface area contributed by atoms with Gasteiger partial charge in [0.05, 0.1) is 28.8 Å². The van der Waals surface area contributed by atoms with Crippen LogP contribution in [-0.2, 0) is 0 Å². The van der Waals surface area contributed by atoms with Gasteiger partial charge in [-0.1, -0.05) is 39.8 Å². The molecule has 2 heterocycles. The van der Waals surface area contributed by atoms with Crippen LogP contribution < -0.4 is 0 Å². The van der Waals surface area contributed by atoms with E-state index >= 15 is 0 Å². The fraction of sp³-hybridized carbons (Fsp3) is 0.286. The molecule has 0 saturated heterocycles. The van der Waals surface area contributed by atoms with E-state index in [9.17, 15) is 4.79 Å². The zero-order valence-electron chi connectivity index (χ0n) is 15.4. The third-order valence-corrected chi connectivity index (χ3v) is 4.35. The summed E-state index contributed by atoms with van der Waals surface area (Å²) in [6, 6.07) is 8.85. The lowest BCUT2D eigenvalue weighted by Gasteiger charge is -2.14. The number of nitrogens with one attached hydrogen (secondary N) is 1. The average molecular weight is 349 g/mol. The van der Waals surface area contributed by atoms with E-state index < -0.39 is 5.97 Å². The molecule has 1 aromatic carbocycles. The number of carbonyl (C=O) groups is 1. The highest BCUT2D eigenvalue weighted by molar-refractivity contribution is 5.88. The van der Waals surface area contributed by atoms with Crippen LogP contribution in [0, 0.1) is 0 Å². The Morgan fingerprint density at radius 3 is 2.23 bits per heavy atom. The summed E-state index contributed by atoms with van der Waals surface area (Å²) in [6.45, 7) is 8.51. The number of nitrogens with zero attached hydrogens (tertiary/aromatic N) is 2. The minimum Gasteiger partial charge on any atom is -0.478 e. The maximum atomic E-state index is 11.0. The van der Waals surface area contributed by atoms with E-state index in [0.717, 1.165) is 33.9 Å². The molecule has 0 fully saturated rings. The first-order chi connectivity index (χ1) is 12.4. The van der Waals surface area contributed by atoms with Crippen molar-refractivity contribution in [2.24, 2.45) is 0 Å². The molecule has 0 aliphatic carbocycles. The van der Waals surface area contributed by atoms with E-state index in [4.69, 9.17) is 10.1 Å². The number of aromatic nitrogens is 3. The van der Waals surface area contributed by atoms with Crippen molar-refractivity contribution in [3.05, 3.63) is 59.7 Å². The Morgan fingerprint density at radius 2 is 1.65 bits per heavy atom. The van der Waals surface area contributed by atoms with Gasteiger partial charge in [-0.3, -0.25) is 4.98 Å². The lowest BCUT2D eigenvalue weighted by atomic mass is 10.0. The minimum absolute atomic E-state index is 0.279. The Morgan fingerprint density at radius 1 is 1.00 bits per heavy atom. The largest absolute Gasteiger partial charge is 0.478 e. The SMILES string of the molecule is CC(C)c1ncc(-c2cc(-c3ccc(C(=O)O)cc3)c[nH]2)nc1C(C)C. The van der Waals surface area contributed by atoms with Gasteiger partial charge in [0.2, 0.25) is 0 Å². The zero-order valence-corrected chi connectivity index (χ0v) is 15.4. The van der Waals surface area contributed by atoms with E-state index in [-0.39, 0.29) is 5.56 Å². The van der Waals surface area contributed by atoms with Gasteiger partial charge in [0, 0.05) is 6.20 Å². The van der Waals surface area contributed by atoms with E-state index in [0.29, 0.717) is 11.8 Å². The topological polar surface area (TPSA) is 78.9 Å².